The molecule has 0 aliphatic carbocycles. The maximum absolute atomic E-state index is 11.9. The molecule has 0 radical (unpaired) electrons. The van der Waals surface area contributed by atoms with Gasteiger partial charge in [-0.2, -0.15) is 0 Å². The molecular weight excluding hydrogens is 264 g/mol. The normalized spacial score (nSPS) is 10.2. The van der Waals surface area contributed by atoms with Crippen LogP contribution in [0.15, 0.2) is 0 Å². The summed E-state index contributed by atoms with van der Waals surface area (Å²) in [6.07, 6.45) is 0.661. The Bertz CT molecular complexity index is 331. The Hall–Kier alpha value is -1.79. The van der Waals surface area contributed by atoms with Gasteiger partial charge in [0.1, 0.15) is 0 Å². The van der Waals surface area contributed by atoms with E-state index in [1.54, 1.807) is 6.92 Å². The van der Waals surface area contributed by atoms with Crippen molar-refractivity contribution in [2.45, 2.75) is 46.1 Å². The van der Waals surface area contributed by atoms with Crippen LogP contribution in [0.1, 0.15) is 40.0 Å². The van der Waals surface area contributed by atoms with Gasteiger partial charge < -0.3 is 20.1 Å². The zero-order chi connectivity index (χ0) is 15.5. The van der Waals surface area contributed by atoms with Crippen molar-refractivity contribution in [3.05, 3.63) is 0 Å². The molecule has 0 aromatic heterocycles. The van der Waals surface area contributed by atoms with Crippen molar-refractivity contribution >= 4 is 18.0 Å². The lowest BCUT2D eigenvalue weighted by Crippen LogP contribution is -2.45. The van der Waals surface area contributed by atoms with E-state index in [2.05, 4.69) is 5.32 Å². The van der Waals surface area contributed by atoms with Gasteiger partial charge in [0.2, 0.25) is 0 Å². The van der Waals surface area contributed by atoms with Crippen LogP contribution in [0.3, 0.4) is 0 Å². The van der Waals surface area contributed by atoms with Crippen molar-refractivity contribution in [1.29, 1.82) is 0 Å². The Morgan fingerprint density at radius 1 is 1.25 bits per heavy atom. The van der Waals surface area contributed by atoms with Crippen molar-refractivity contribution in [2.24, 2.45) is 0 Å². The lowest BCUT2D eigenvalue weighted by atomic mass is 10.3. The number of hydrogen-bond acceptors (Lipinski definition) is 4. The number of aliphatic carboxylic acids is 1. The van der Waals surface area contributed by atoms with E-state index >= 15 is 0 Å². The number of carboxylic acids is 1. The van der Waals surface area contributed by atoms with Gasteiger partial charge in [-0.15, -0.1) is 0 Å². The summed E-state index contributed by atoms with van der Waals surface area (Å²) in [6, 6.07) is -0.399. The second-order valence-electron chi connectivity index (χ2n) is 4.57. The molecular formula is C13H24N2O5. The molecule has 0 aromatic rings. The Morgan fingerprint density at radius 3 is 2.40 bits per heavy atom. The SMILES string of the molecule is CCOC(=O)CCCNC(=O)N(CCC(=O)O)C(C)C. The first kappa shape index (κ1) is 18.2. The molecule has 0 atom stereocenters. The number of esters is 1. The molecule has 2 amide bonds. The van der Waals surface area contributed by atoms with Crippen molar-refractivity contribution in [2.75, 3.05) is 19.7 Å². The summed E-state index contributed by atoms with van der Waals surface area (Å²) in [4.78, 5) is 35.0. The number of nitrogens with zero attached hydrogens (tertiary/aromatic N) is 1. The summed E-state index contributed by atoms with van der Waals surface area (Å²) in [5, 5.41) is 11.3. The fourth-order valence-electron chi connectivity index (χ4n) is 1.57. The summed E-state index contributed by atoms with van der Waals surface area (Å²) in [5.74, 6) is -1.22. The minimum atomic E-state index is -0.939. The number of urea groups is 1. The number of ether oxygens (including phenoxy) is 1. The maximum Gasteiger partial charge on any atom is 0.317 e. The summed E-state index contributed by atoms with van der Waals surface area (Å²) < 4.78 is 4.77. The third-order valence-electron chi connectivity index (χ3n) is 2.59. The predicted octanol–water partition coefficient (Wildman–Crippen LogP) is 1.22. The molecule has 0 heterocycles. The van der Waals surface area contributed by atoms with Gasteiger partial charge in [0.15, 0.2) is 0 Å². The van der Waals surface area contributed by atoms with Gasteiger partial charge in [-0.25, -0.2) is 4.79 Å². The van der Waals surface area contributed by atoms with Crippen LogP contribution < -0.4 is 5.32 Å². The molecule has 0 saturated heterocycles. The molecule has 0 bridgehead atoms. The summed E-state index contributed by atoms with van der Waals surface area (Å²) in [7, 11) is 0. The van der Waals surface area contributed by atoms with E-state index in [1.807, 2.05) is 13.8 Å². The van der Waals surface area contributed by atoms with Gasteiger partial charge in [0.25, 0.3) is 0 Å². The number of carbonyl (C=O) groups is 3. The van der Waals surface area contributed by atoms with Crippen molar-refractivity contribution in [3.8, 4) is 0 Å². The van der Waals surface area contributed by atoms with Crippen LogP contribution in [0, 0.1) is 0 Å². The van der Waals surface area contributed by atoms with Crippen LogP contribution in [0.25, 0.3) is 0 Å². The highest BCUT2D eigenvalue weighted by molar-refractivity contribution is 5.75. The topological polar surface area (TPSA) is 95.9 Å². The molecule has 0 unspecified atom stereocenters. The van der Waals surface area contributed by atoms with E-state index in [1.165, 1.54) is 4.90 Å². The van der Waals surface area contributed by atoms with Crippen LogP contribution in [-0.4, -0.2) is 53.7 Å². The average Bonchev–Trinajstić information content (AvgIpc) is 2.34. The Labute approximate surface area is 119 Å². The first-order valence-corrected chi connectivity index (χ1v) is 6.80. The van der Waals surface area contributed by atoms with E-state index < -0.39 is 5.97 Å². The lowest BCUT2D eigenvalue weighted by molar-refractivity contribution is -0.143. The second kappa shape index (κ2) is 10.1. The molecule has 0 aliphatic heterocycles. The van der Waals surface area contributed by atoms with Gasteiger partial charge in [-0.05, 0) is 27.2 Å². The molecule has 0 fully saturated rings. The van der Waals surface area contributed by atoms with E-state index in [9.17, 15) is 14.4 Å². The van der Waals surface area contributed by atoms with Crippen molar-refractivity contribution in [1.82, 2.24) is 10.2 Å². The predicted molar refractivity (Wildman–Crippen MR) is 73.4 cm³/mol. The highest BCUT2D eigenvalue weighted by Crippen LogP contribution is 2.01. The fraction of sp³-hybridized carbons (Fsp3) is 0.769. The quantitative estimate of drug-likeness (QED) is 0.491. The van der Waals surface area contributed by atoms with Gasteiger partial charge in [0, 0.05) is 25.6 Å². The summed E-state index contributed by atoms with van der Waals surface area (Å²) >= 11 is 0. The number of carbonyl (C=O) groups excluding carboxylic acids is 2. The van der Waals surface area contributed by atoms with Crippen LogP contribution in [0.5, 0.6) is 0 Å². The van der Waals surface area contributed by atoms with Gasteiger partial charge >= 0.3 is 18.0 Å². The molecule has 0 rings (SSSR count). The van der Waals surface area contributed by atoms with Crippen LogP contribution in [0.4, 0.5) is 4.79 Å². The molecule has 116 valence electrons. The zero-order valence-electron chi connectivity index (χ0n) is 12.3. The summed E-state index contributed by atoms with van der Waals surface area (Å²) in [6.45, 7) is 6.24. The fourth-order valence-corrected chi connectivity index (χ4v) is 1.57. The van der Waals surface area contributed by atoms with E-state index in [0.717, 1.165) is 0 Å². The number of rotatable bonds is 9. The molecule has 7 heteroatoms. The minimum absolute atomic E-state index is 0.0839. The lowest BCUT2D eigenvalue weighted by Gasteiger charge is -2.26. The van der Waals surface area contributed by atoms with Gasteiger partial charge in [-0.1, -0.05) is 0 Å². The van der Waals surface area contributed by atoms with E-state index in [-0.39, 0.29) is 37.4 Å². The van der Waals surface area contributed by atoms with Crippen molar-refractivity contribution in [3.63, 3.8) is 0 Å². The number of hydrogen-bond donors (Lipinski definition) is 2. The minimum Gasteiger partial charge on any atom is -0.481 e. The molecule has 2 N–H and O–H groups in total. The van der Waals surface area contributed by atoms with Crippen molar-refractivity contribution < 1.29 is 24.2 Å². The monoisotopic (exact) mass is 288 g/mol. The second-order valence-corrected chi connectivity index (χ2v) is 4.57. The third-order valence-corrected chi connectivity index (χ3v) is 2.59. The molecule has 20 heavy (non-hydrogen) atoms. The highest BCUT2D eigenvalue weighted by atomic mass is 16.5. The molecule has 7 nitrogen and oxygen atoms in total. The highest BCUT2D eigenvalue weighted by Gasteiger charge is 2.17. The van der Waals surface area contributed by atoms with Crippen LogP contribution >= 0.6 is 0 Å². The first-order chi connectivity index (χ1) is 9.38. The smallest absolute Gasteiger partial charge is 0.317 e. The van der Waals surface area contributed by atoms with Gasteiger partial charge in [-0.3, -0.25) is 9.59 Å². The van der Waals surface area contributed by atoms with Gasteiger partial charge in [0.05, 0.1) is 13.0 Å². The van der Waals surface area contributed by atoms with Crippen LogP contribution in [0.2, 0.25) is 0 Å². The summed E-state index contributed by atoms with van der Waals surface area (Å²) in [5.41, 5.74) is 0. The third kappa shape index (κ3) is 8.34. The standard InChI is InChI=1S/C13H24N2O5/c1-4-20-12(18)6-5-8-14-13(19)15(10(2)3)9-7-11(16)17/h10H,4-9H2,1-3H3,(H,14,19)(H,16,17). The zero-order valence-corrected chi connectivity index (χ0v) is 12.3. The van der Waals surface area contributed by atoms with E-state index in [0.29, 0.717) is 19.6 Å². The number of carboxylic acid groups (broad SMARTS) is 1. The first-order valence-electron chi connectivity index (χ1n) is 6.80. The number of nitrogens with one attached hydrogen (secondary N) is 1. The average molecular weight is 288 g/mol. The molecule has 0 aromatic carbocycles. The largest absolute Gasteiger partial charge is 0.481 e. The molecule has 0 aliphatic rings. The Morgan fingerprint density at radius 2 is 1.90 bits per heavy atom. The Balaban J connectivity index is 4.01. The molecule has 0 saturated carbocycles. The maximum atomic E-state index is 11.9. The van der Waals surface area contributed by atoms with Crippen LogP contribution in [-0.2, 0) is 14.3 Å². The number of amides is 2. The Kier molecular flexibility index (Phi) is 9.15. The molecule has 0 spiro atoms. The van der Waals surface area contributed by atoms with E-state index in [4.69, 9.17) is 9.84 Å².